The Bertz CT molecular complexity index is 561. The van der Waals surface area contributed by atoms with Crippen LogP contribution in [0, 0.1) is 6.92 Å². The molecule has 3 N–H and O–H groups in total. The molecule has 7 nitrogen and oxygen atoms in total. The van der Waals surface area contributed by atoms with Gasteiger partial charge in [-0.25, -0.2) is 13.1 Å². The third-order valence-electron chi connectivity index (χ3n) is 3.46. The predicted octanol–water partition coefficient (Wildman–Crippen LogP) is 0.285. The van der Waals surface area contributed by atoms with Crippen LogP contribution in [0.5, 0.6) is 0 Å². The van der Waals surface area contributed by atoms with E-state index in [0.29, 0.717) is 25.3 Å². The van der Waals surface area contributed by atoms with Gasteiger partial charge in [-0.2, -0.15) is 5.10 Å². The molecule has 8 heteroatoms. The second kappa shape index (κ2) is 5.80. The maximum Gasteiger partial charge on any atom is 0.260 e. The maximum absolute atomic E-state index is 12.5. The van der Waals surface area contributed by atoms with Crippen molar-refractivity contribution in [1.82, 2.24) is 20.2 Å². The highest BCUT2D eigenvalue weighted by atomic mass is 32.2. The zero-order valence-corrected chi connectivity index (χ0v) is 12.9. The Balaban J connectivity index is 2.26. The molecule has 1 aromatic rings. The van der Waals surface area contributed by atoms with Gasteiger partial charge >= 0.3 is 0 Å². The summed E-state index contributed by atoms with van der Waals surface area (Å²) in [5.74, 6) is 0. The molecule has 2 rings (SSSR count). The largest absolute Gasteiger partial charge is 0.380 e. The molecule has 1 atom stereocenters. The average Bonchev–Trinajstić information content (AvgIpc) is 2.72. The van der Waals surface area contributed by atoms with Crippen molar-refractivity contribution >= 4 is 10.0 Å². The molecule has 0 spiro atoms. The Hall–Kier alpha value is -0.960. The van der Waals surface area contributed by atoms with E-state index in [0.717, 1.165) is 18.5 Å². The number of aryl methyl sites for hydroxylation is 1. The van der Waals surface area contributed by atoms with Gasteiger partial charge in [-0.3, -0.25) is 5.10 Å². The molecule has 2 heterocycles. The van der Waals surface area contributed by atoms with Crippen molar-refractivity contribution in [2.24, 2.45) is 0 Å². The van der Waals surface area contributed by atoms with Crippen LogP contribution in [-0.4, -0.2) is 44.4 Å². The van der Waals surface area contributed by atoms with Crippen molar-refractivity contribution in [3.8, 4) is 0 Å². The average molecular weight is 302 g/mol. The first-order valence-corrected chi connectivity index (χ1v) is 8.16. The fourth-order valence-electron chi connectivity index (χ4n) is 2.42. The lowest BCUT2D eigenvalue weighted by Crippen LogP contribution is -2.51. The minimum Gasteiger partial charge on any atom is -0.380 e. The van der Waals surface area contributed by atoms with Crippen molar-refractivity contribution < 1.29 is 13.2 Å². The maximum atomic E-state index is 12.5. The molecule has 0 radical (unpaired) electrons. The van der Waals surface area contributed by atoms with Gasteiger partial charge in [-0.1, -0.05) is 0 Å². The Kier molecular flexibility index (Phi) is 4.48. The molecule has 0 saturated carbocycles. The molecule has 0 bridgehead atoms. The summed E-state index contributed by atoms with van der Waals surface area (Å²) in [5, 5.41) is 9.71. The monoisotopic (exact) mass is 302 g/mol. The number of sulfonamides is 1. The van der Waals surface area contributed by atoms with E-state index in [4.69, 9.17) is 4.74 Å². The fraction of sp³-hybridized carbons (Fsp3) is 0.750. The van der Waals surface area contributed by atoms with Crippen molar-refractivity contribution in [3.05, 3.63) is 11.3 Å². The van der Waals surface area contributed by atoms with Crippen LogP contribution in [0.3, 0.4) is 0 Å². The minimum absolute atomic E-state index is 0.0659. The Morgan fingerprint density at radius 2 is 2.25 bits per heavy atom. The predicted molar refractivity (Wildman–Crippen MR) is 74.9 cm³/mol. The molecular formula is C12H22N4O3S. The van der Waals surface area contributed by atoms with Crippen LogP contribution in [0.1, 0.15) is 31.0 Å². The van der Waals surface area contributed by atoms with E-state index in [-0.39, 0.29) is 5.03 Å². The van der Waals surface area contributed by atoms with Gasteiger partial charge in [-0.15, -0.1) is 0 Å². The van der Waals surface area contributed by atoms with Gasteiger partial charge in [0.05, 0.1) is 12.1 Å². The van der Waals surface area contributed by atoms with Crippen molar-refractivity contribution in [2.45, 2.75) is 43.8 Å². The molecular weight excluding hydrogens is 280 g/mol. The number of hydrogen-bond acceptors (Lipinski definition) is 5. The van der Waals surface area contributed by atoms with Crippen molar-refractivity contribution in [1.29, 1.82) is 0 Å². The summed E-state index contributed by atoms with van der Waals surface area (Å²) in [7, 11) is -1.89. The van der Waals surface area contributed by atoms with E-state index in [9.17, 15) is 8.42 Å². The van der Waals surface area contributed by atoms with Crippen LogP contribution in [0.4, 0.5) is 0 Å². The van der Waals surface area contributed by atoms with Crippen LogP contribution >= 0.6 is 0 Å². The normalized spacial score (nSPS) is 23.9. The minimum atomic E-state index is -3.66. The summed E-state index contributed by atoms with van der Waals surface area (Å²) in [5.41, 5.74) is 0.853. The summed E-state index contributed by atoms with van der Waals surface area (Å²) in [6.07, 6.45) is 1.61. The number of ether oxygens (including phenoxy) is 1. The van der Waals surface area contributed by atoms with Crippen LogP contribution in [0.15, 0.2) is 5.03 Å². The molecule has 0 aromatic carbocycles. The summed E-state index contributed by atoms with van der Waals surface area (Å²) < 4.78 is 33.2. The van der Waals surface area contributed by atoms with Gasteiger partial charge in [-0.05, 0) is 33.7 Å². The molecule has 0 aliphatic carbocycles. The number of H-pyrrole nitrogens is 1. The van der Waals surface area contributed by atoms with E-state index >= 15 is 0 Å². The topological polar surface area (TPSA) is 96.1 Å². The molecule has 1 saturated heterocycles. The lowest BCUT2D eigenvalue weighted by molar-refractivity contribution is 0.0386. The third kappa shape index (κ3) is 3.20. The van der Waals surface area contributed by atoms with Crippen molar-refractivity contribution in [2.75, 3.05) is 20.3 Å². The van der Waals surface area contributed by atoms with Gasteiger partial charge < -0.3 is 10.1 Å². The molecule has 1 aliphatic heterocycles. The summed E-state index contributed by atoms with van der Waals surface area (Å²) in [4.78, 5) is 0. The number of aromatic amines is 1. The van der Waals surface area contributed by atoms with Gasteiger partial charge in [0.2, 0.25) is 0 Å². The van der Waals surface area contributed by atoms with E-state index in [2.05, 4.69) is 20.2 Å². The van der Waals surface area contributed by atoms with Crippen LogP contribution in [-0.2, 0) is 21.3 Å². The Morgan fingerprint density at radius 3 is 2.85 bits per heavy atom. The first-order chi connectivity index (χ1) is 9.38. The fourth-order valence-corrected chi connectivity index (χ4v) is 4.05. The van der Waals surface area contributed by atoms with E-state index < -0.39 is 15.6 Å². The quantitative estimate of drug-likeness (QED) is 0.726. The molecule has 1 aromatic heterocycles. The zero-order chi connectivity index (χ0) is 14.8. The molecule has 1 fully saturated rings. The van der Waals surface area contributed by atoms with Gasteiger partial charge in [0.15, 0.2) is 5.03 Å². The number of aromatic nitrogens is 2. The van der Waals surface area contributed by atoms with Crippen LogP contribution < -0.4 is 10.0 Å². The highest BCUT2D eigenvalue weighted by Crippen LogP contribution is 2.23. The van der Waals surface area contributed by atoms with Gasteiger partial charge in [0, 0.05) is 24.4 Å². The molecule has 114 valence electrons. The summed E-state index contributed by atoms with van der Waals surface area (Å²) in [6.45, 7) is 5.19. The van der Waals surface area contributed by atoms with Gasteiger partial charge in [0.25, 0.3) is 10.0 Å². The van der Waals surface area contributed by atoms with Crippen molar-refractivity contribution in [3.63, 3.8) is 0 Å². The van der Waals surface area contributed by atoms with E-state index in [1.165, 1.54) is 0 Å². The Morgan fingerprint density at radius 1 is 1.50 bits per heavy atom. The van der Waals surface area contributed by atoms with Crippen LogP contribution in [0.25, 0.3) is 0 Å². The smallest absolute Gasteiger partial charge is 0.260 e. The number of hydrogen-bond donors (Lipinski definition) is 3. The SMILES string of the molecule is CNCc1c(S(=O)(=O)NC2(C)CCCOC2)n[nH]c1C. The molecule has 1 unspecified atom stereocenters. The van der Waals surface area contributed by atoms with Crippen LogP contribution in [0.2, 0.25) is 0 Å². The first kappa shape index (κ1) is 15.4. The number of rotatable bonds is 5. The first-order valence-electron chi connectivity index (χ1n) is 6.68. The molecule has 20 heavy (non-hydrogen) atoms. The number of nitrogens with one attached hydrogen (secondary N) is 3. The highest BCUT2D eigenvalue weighted by molar-refractivity contribution is 7.89. The van der Waals surface area contributed by atoms with E-state index in [1.807, 2.05) is 13.8 Å². The molecule has 1 aliphatic rings. The van der Waals surface area contributed by atoms with E-state index in [1.54, 1.807) is 7.05 Å². The standard InChI is InChI=1S/C12H22N4O3S/c1-9-10(7-13-3)11(15-14-9)20(17,18)16-12(2)5-4-6-19-8-12/h13,16H,4-8H2,1-3H3,(H,14,15). The third-order valence-corrected chi connectivity index (χ3v) is 5.07. The zero-order valence-electron chi connectivity index (χ0n) is 12.1. The van der Waals surface area contributed by atoms with Gasteiger partial charge in [0.1, 0.15) is 0 Å². The summed E-state index contributed by atoms with van der Waals surface area (Å²) >= 11 is 0. The summed E-state index contributed by atoms with van der Waals surface area (Å²) in [6, 6.07) is 0. The lowest BCUT2D eigenvalue weighted by atomic mass is 9.97. The number of nitrogens with zero attached hydrogens (tertiary/aromatic N) is 1. The second-order valence-electron chi connectivity index (χ2n) is 5.48. The second-order valence-corrected chi connectivity index (χ2v) is 7.08. The Labute approximate surface area is 119 Å². The lowest BCUT2D eigenvalue weighted by Gasteiger charge is -2.33. The highest BCUT2D eigenvalue weighted by Gasteiger charge is 2.35. The molecule has 0 amide bonds.